The highest BCUT2D eigenvalue weighted by atomic mass is 19.2. The molecule has 0 radical (unpaired) electrons. The first-order chi connectivity index (χ1) is 21.1. The average Bonchev–Trinajstić information content (AvgIpc) is 2.99. The number of aromatic hydroxyl groups is 1. The summed E-state index contributed by atoms with van der Waals surface area (Å²) in [6.07, 6.45) is 5.40. The maximum atomic E-state index is 14.5. The van der Waals surface area contributed by atoms with E-state index in [0.29, 0.717) is 24.2 Å². The number of urea groups is 1. The van der Waals surface area contributed by atoms with Gasteiger partial charge < -0.3 is 20.2 Å². The molecule has 0 saturated carbocycles. The Balaban J connectivity index is 1.50. The quantitative estimate of drug-likeness (QED) is 0.385. The monoisotopic (exact) mass is 602 g/mol. The van der Waals surface area contributed by atoms with Gasteiger partial charge in [0.2, 0.25) is 5.91 Å². The molecule has 3 aromatic rings. The fourth-order valence-electron chi connectivity index (χ4n) is 6.00. The summed E-state index contributed by atoms with van der Waals surface area (Å²) in [4.78, 5) is 33.1. The molecule has 44 heavy (non-hydrogen) atoms. The van der Waals surface area contributed by atoms with Gasteiger partial charge in [0.05, 0.1) is 19.1 Å². The van der Waals surface area contributed by atoms with Gasteiger partial charge in [-0.05, 0) is 41.3 Å². The molecule has 2 aliphatic rings. The number of carbonyl (C=O) groups is 2. The number of benzene rings is 3. The van der Waals surface area contributed by atoms with Crippen LogP contribution in [0.4, 0.5) is 19.3 Å². The lowest BCUT2D eigenvalue weighted by Crippen LogP contribution is -2.75. The van der Waals surface area contributed by atoms with Crippen LogP contribution >= 0.6 is 0 Å². The van der Waals surface area contributed by atoms with E-state index in [4.69, 9.17) is 6.42 Å². The van der Waals surface area contributed by atoms with Crippen LogP contribution in [0.25, 0.3) is 0 Å². The number of hydrazine groups is 1. The van der Waals surface area contributed by atoms with Gasteiger partial charge in [-0.2, -0.15) is 5.01 Å². The summed E-state index contributed by atoms with van der Waals surface area (Å²) < 4.78 is 28.6. The Morgan fingerprint density at radius 3 is 2.43 bits per heavy atom. The van der Waals surface area contributed by atoms with Crippen molar-refractivity contribution in [2.75, 3.05) is 45.2 Å². The molecule has 2 heterocycles. The average molecular weight is 603 g/mol. The van der Waals surface area contributed by atoms with E-state index in [1.165, 1.54) is 17.1 Å². The molecule has 0 aliphatic carbocycles. The molecule has 0 aromatic heterocycles. The molecular formula is C33H36F2N6O3. The molecule has 2 saturated heterocycles. The van der Waals surface area contributed by atoms with E-state index in [-0.39, 0.29) is 50.4 Å². The van der Waals surface area contributed by atoms with Crippen molar-refractivity contribution in [2.45, 2.75) is 31.7 Å². The van der Waals surface area contributed by atoms with Crippen LogP contribution in [0.1, 0.15) is 16.7 Å². The van der Waals surface area contributed by atoms with E-state index in [0.717, 1.165) is 11.1 Å². The molecule has 9 nitrogen and oxygen atoms in total. The zero-order valence-electron chi connectivity index (χ0n) is 24.8. The number of nitrogens with one attached hydrogen (secondary N) is 1. The number of hydrogen-bond acceptors (Lipinski definition) is 6. The van der Waals surface area contributed by atoms with Crippen molar-refractivity contribution in [3.8, 4) is 18.1 Å². The summed E-state index contributed by atoms with van der Waals surface area (Å²) in [6, 6.07) is 17.9. The SMILES string of the molecule is C#CCN1CC(=O)N2[C@@H](Cc3ccc(O)cc3)CN(Cc3cc(F)c(F)cc3N(C)C)C[C@@H]2N1C(=O)NCc1ccccc1. The van der Waals surface area contributed by atoms with Crippen molar-refractivity contribution in [2.24, 2.45) is 0 Å². The second-order valence-corrected chi connectivity index (χ2v) is 11.3. The van der Waals surface area contributed by atoms with Gasteiger partial charge in [-0.3, -0.25) is 9.69 Å². The van der Waals surface area contributed by atoms with Crippen LogP contribution in [0.2, 0.25) is 0 Å². The van der Waals surface area contributed by atoms with E-state index < -0.39 is 23.8 Å². The van der Waals surface area contributed by atoms with Crippen LogP contribution in [0.5, 0.6) is 5.75 Å². The Bertz CT molecular complexity index is 1530. The molecule has 0 spiro atoms. The highest BCUT2D eigenvalue weighted by Gasteiger charge is 2.48. The smallest absolute Gasteiger partial charge is 0.334 e. The maximum Gasteiger partial charge on any atom is 0.334 e. The van der Waals surface area contributed by atoms with Crippen molar-refractivity contribution < 1.29 is 23.5 Å². The van der Waals surface area contributed by atoms with E-state index in [9.17, 15) is 23.5 Å². The molecule has 3 amide bonds. The Labute approximate surface area is 256 Å². The summed E-state index contributed by atoms with van der Waals surface area (Å²) in [5.41, 5.74) is 2.93. The molecule has 2 atom stereocenters. The highest BCUT2D eigenvalue weighted by molar-refractivity contribution is 5.83. The Kier molecular flexibility index (Phi) is 9.32. The van der Waals surface area contributed by atoms with E-state index in [1.54, 1.807) is 53.2 Å². The van der Waals surface area contributed by atoms with Crippen molar-refractivity contribution in [1.29, 1.82) is 0 Å². The zero-order chi connectivity index (χ0) is 31.4. The molecule has 0 bridgehead atoms. The summed E-state index contributed by atoms with van der Waals surface area (Å²) in [7, 11) is 3.52. The van der Waals surface area contributed by atoms with Crippen LogP contribution < -0.4 is 10.2 Å². The fraction of sp³-hybridized carbons (Fsp3) is 0.333. The largest absolute Gasteiger partial charge is 0.508 e. The van der Waals surface area contributed by atoms with Crippen LogP contribution in [-0.2, 0) is 24.3 Å². The van der Waals surface area contributed by atoms with Gasteiger partial charge in [0.1, 0.15) is 11.9 Å². The Morgan fingerprint density at radius 1 is 1.05 bits per heavy atom. The number of anilines is 1. The number of carbonyl (C=O) groups excluding carboxylic acids is 2. The van der Waals surface area contributed by atoms with Crippen molar-refractivity contribution in [1.82, 2.24) is 25.1 Å². The van der Waals surface area contributed by atoms with Crippen molar-refractivity contribution >= 4 is 17.6 Å². The number of fused-ring (bicyclic) bond motifs is 1. The second-order valence-electron chi connectivity index (χ2n) is 11.3. The number of amides is 3. The lowest BCUT2D eigenvalue weighted by molar-refractivity contribution is -0.182. The summed E-state index contributed by atoms with van der Waals surface area (Å²) in [5, 5.41) is 15.9. The second kappa shape index (κ2) is 13.3. The third-order valence-corrected chi connectivity index (χ3v) is 7.97. The molecule has 2 N–H and O–H groups in total. The number of terminal acetylenes is 1. The minimum absolute atomic E-state index is 0.0470. The number of piperazine rings is 1. The van der Waals surface area contributed by atoms with E-state index in [2.05, 4.69) is 16.1 Å². The summed E-state index contributed by atoms with van der Waals surface area (Å²) in [5.74, 6) is 0.653. The number of phenolic OH excluding ortho intramolecular Hbond substituents is 1. The van der Waals surface area contributed by atoms with Crippen molar-refractivity contribution in [3.05, 3.63) is 95.1 Å². The topological polar surface area (TPSA) is 82.6 Å². The predicted octanol–water partition coefficient (Wildman–Crippen LogP) is 3.39. The standard InChI is InChI=1S/C33H36F2N6O3/c1-4-14-39-22-32(43)40-26(15-23-10-12-27(42)13-11-23)20-38(19-25-16-28(34)29(35)17-30(25)37(2)3)21-31(40)41(39)33(44)36-18-24-8-6-5-7-9-24/h1,5-13,16-17,26,31,42H,14-15,18-22H2,2-3H3,(H,36,44)/t26-,31-/m0/s1. The fourth-order valence-corrected chi connectivity index (χ4v) is 6.00. The highest BCUT2D eigenvalue weighted by Crippen LogP contribution is 2.31. The number of phenols is 1. The summed E-state index contributed by atoms with van der Waals surface area (Å²) in [6.45, 7) is 1.18. The van der Waals surface area contributed by atoms with Gasteiger partial charge in [0, 0.05) is 52.0 Å². The van der Waals surface area contributed by atoms with Gasteiger partial charge >= 0.3 is 6.03 Å². The molecule has 230 valence electrons. The third kappa shape index (κ3) is 6.77. The van der Waals surface area contributed by atoms with Gasteiger partial charge in [-0.15, -0.1) is 6.42 Å². The molecule has 5 rings (SSSR count). The number of hydrogen-bond donors (Lipinski definition) is 2. The van der Waals surface area contributed by atoms with Gasteiger partial charge in [-0.25, -0.2) is 18.6 Å². The number of rotatable bonds is 8. The molecular weight excluding hydrogens is 566 g/mol. The van der Waals surface area contributed by atoms with Gasteiger partial charge in [0.15, 0.2) is 11.6 Å². The van der Waals surface area contributed by atoms with Gasteiger partial charge in [-0.1, -0.05) is 48.4 Å². The van der Waals surface area contributed by atoms with E-state index in [1.807, 2.05) is 30.3 Å². The van der Waals surface area contributed by atoms with Crippen molar-refractivity contribution in [3.63, 3.8) is 0 Å². The van der Waals surface area contributed by atoms with Crippen LogP contribution in [0.3, 0.4) is 0 Å². The summed E-state index contributed by atoms with van der Waals surface area (Å²) >= 11 is 0. The molecule has 11 heteroatoms. The Hall–Kier alpha value is -4.66. The van der Waals surface area contributed by atoms with E-state index >= 15 is 0 Å². The maximum absolute atomic E-state index is 14.5. The van der Waals surface area contributed by atoms with Crippen LogP contribution in [0.15, 0.2) is 66.7 Å². The minimum atomic E-state index is -0.945. The Morgan fingerprint density at radius 2 is 1.75 bits per heavy atom. The normalized spacial score (nSPS) is 18.9. The first kappa shape index (κ1) is 30.8. The molecule has 3 aromatic carbocycles. The first-order valence-corrected chi connectivity index (χ1v) is 14.4. The minimum Gasteiger partial charge on any atom is -0.508 e. The third-order valence-electron chi connectivity index (χ3n) is 7.97. The van der Waals surface area contributed by atoms with Crippen LogP contribution in [-0.4, -0.2) is 89.3 Å². The number of nitrogens with zero attached hydrogens (tertiary/aromatic N) is 5. The zero-order valence-corrected chi connectivity index (χ0v) is 24.8. The lowest BCUT2D eigenvalue weighted by atomic mass is 9.99. The number of halogens is 2. The van der Waals surface area contributed by atoms with Gasteiger partial charge in [0.25, 0.3) is 0 Å². The molecule has 0 unspecified atom stereocenters. The first-order valence-electron chi connectivity index (χ1n) is 14.4. The molecule has 2 fully saturated rings. The van der Waals surface area contributed by atoms with Crippen LogP contribution in [0, 0.1) is 24.0 Å². The molecule has 2 aliphatic heterocycles. The predicted molar refractivity (Wildman–Crippen MR) is 163 cm³/mol. The lowest BCUT2D eigenvalue weighted by Gasteiger charge is -2.55.